The van der Waals surface area contributed by atoms with Gasteiger partial charge in [0.1, 0.15) is 11.4 Å². The number of nitrogens with zero attached hydrogens (tertiary/aromatic N) is 4. The Balaban J connectivity index is 1.94. The molecule has 1 fully saturated rings. The first-order chi connectivity index (χ1) is 11.0. The molecule has 8 nitrogen and oxygen atoms in total. The first-order valence-corrected chi connectivity index (χ1v) is 7.38. The molecule has 2 aromatic rings. The average molecular weight is 315 g/mol. The predicted octanol–water partition coefficient (Wildman–Crippen LogP) is 0.694. The lowest BCUT2D eigenvalue weighted by atomic mass is 9.76. The third kappa shape index (κ3) is 2.67. The van der Waals surface area contributed by atoms with Crippen molar-refractivity contribution in [2.75, 3.05) is 0 Å². The molecule has 2 N–H and O–H groups in total. The molecule has 1 heterocycles. The second kappa shape index (κ2) is 5.79. The van der Waals surface area contributed by atoms with E-state index >= 15 is 0 Å². The van der Waals surface area contributed by atoms with Gasteiger partial charge >= 0.3 is 5.97 Å². The van der Waals surface area contributed by atoms with Crippen LogP contribution >= 0.6 is 0 Å². The zero-order valence-electron chi connectivity index (χ0n) is 12.6. The van der Waals surface area contributed by atoms with Gasteiger partial charge in [-0.15, -0.1) is 5.10 Å². The normalized spacial score (nSPS) is 17.1. The van der Waals surface area contributed by atoms with Gasteiger partial charge in [-0.3, -0.25) is 4.79 Å². The first-order valence-electron chi connectivity index (χ1n) is 7.38. The third-order valence-corrected chi connectivity index (χ3v) is 4.24. The molecule has 0 bridgehead atoms. The van der Waals surface area contributed by atoms with Crippen LogP contribution in [0.5, 0.6) is 0 Å². The number of benzene rings is 1. The number of nitrogens with one attached hydrogen (secondary N) is 1. The minimum Gasteiger partial charge on any atom is -0.480 e. The van der Waals surface area contributed by atoms with E-state index in [9.17, 15) is 14.7 Å². The Labute approximate surface area is 132 Å². The molecule has 1 amide bonds. The number of tetrazole rings is 1. The van der Waals surface area contributed by atoms with E-state index in [-0.39, 0.29) is 0 Å². The van der Waals surface area contributed by atoms with Crippen molar-refractivity contribution in [2.45, 2.75) is 37.8 Å². The maximum Gasteiger partial charge on any atom is 0.329 e. The summed E-state index contributed by atoms with van der Waals surface area (Å²) in [7, 11) is 0. The van der Waals surface area contributed by atoms with Crippen molar-refractivity contribution in [3.63, 3.8) is 0 Å². The number of aryl methyl sites for hydroxylation is 1. The van der Waals surface area contributed by atoms with E-state index < -0.39 is 23.5 Å². The molecular weight excluding hydrogens is 298 g/mol. The van der Waals surface area contributed by atoms with Crippen LogP contribution in [-0.2, 0) is 9.59 Å². The number of hydrogen-bond donors (Lipinski definition) is 2. The highest BCUT2D eigenvalue weighted by Gasteiger charge is 2.47. The Morgan fingerprint density at radius 3 is 2.48 bits per heavy atom. The molecule has 1 aromatic heterocycles. The predicted molar refractivity (Wildman–Crippen MR) is 79.5 cm³/mol. The van der Waals surface area contributed by atoms with Crippen LogP contribution in [0.1, 0.15) is 36.7 Å². The molecular formula is C15H17N5O3. The van der Waals surface area contributed by atoms with Crippen molar-refractivity contribution < 1.29 is 14.7 Å². The van der Waals surface area contributed by atoms with Crippen LogP contribution in [0, 0.1) is 6.92 Å². The molecule has 0 aliphatic heterocycles. The van der Waals surface area contributed by atoms with Crippen molar-refractivity contribution in [1.82, 2.24) is 25.5 Å². The summed E-state index contributed by atoms with van der Waals surface area (Å²) >= 11 is 0. The summed E-state index contributed by atoms with van der Waals surface area (Å²) in [5.41, 5.74) is -0.480. The summed E-state index contributed by atoms with van der Waals surface area (Å²) in [5, 5.41) is 23.4. The second-order valence-corrected chi connectivity index (χ2v) is 5.71. The summed E-state index contributed by atoms with van der Waals surface area (Å²) in [6.45, 7) is 1.69. The lowest BCUT2D eigenvalue weighted by molar-refractivity contribution is -0.152. The zero-order valence-corrected chi connectivity index (χ0v) is 12.6. The summed E-state index contributed by atoms with van der Waals surface area (Å²) in [6.07, 6.45) is 1.65. The van der Waals surface area contributed by atoms with Gasteiger partial charge in [0.05, 0.1) is 0 Å². The maximum atomic E-state index is 12.8. The summed E-state index contributed by atoms with van der Waals surface area (Å²) in [6, 6.07) is 8.24. The fourth-order valence-corrected chi connectivity index (χ4v) is 2.74. The number of carbonyl (C=O) groups is 2. The quantitative estimate of drug-likeness (QED) is 0.840. The van der Waals surface area contributed by atoms with Crippen molar-refractivity contribution in [2.24, 2.45) is 0 Å². The number of carboxylic acids is 1. The number of hydrogen-bond acceptors (Lipinski definition) is 5. The molecule has 1 saturated carbocycles. The van der Waals surface area contributed by atoms with Crippen molar-refractivity contribution >= 4 is 11.9 Å². The summed E-state index contributed by atoms with van der Waals surface area (Å²) in [4.78, 5) is 24.3. The van der Waals surface area contributed by atoms with Crippen LogP contribution in [0.25, 0.3) is 0 Å². The summed E-state index contributed by atoms with van der Waals surface area (Å²) < 4.78 is 1.40. The minimum atomic E-state index is -1.17. The molecule has 0 spiro atoms. The number of aliphatic carboxylic acids is 1. The number of rotatable bonds is 5. The number of amides is 1. The topological polar surface area (TPSA) is 110 Å². The highest BCUT2D eigenvalue weighted by molar-refractivity contribution is 5.91. The van der Waals surface area contributed by atoms with Gasteiger partial charge in [-0.2, -0.15) is 0 Å². The standard InChI is InChI=1S/C15H17N5O3/c1-10-17-18-19-20(10)12(11-6-3-2-4-7-11)13(21)16-15(14(22)23)8-5-9-15/h2-4,6-7,12H,5,8-9H2,1H3,(H,16,21)(H,22,23)/t12-/m0/s1. The SMILES string of the molecule is Cc1nnnn1[C@H](C(=O)NC1(C(=O)O)CCC1)c1ccccc1. The van der Waals surface area contributed by atoms with Crippen LogP contribution in [0.4, 0.5) is 0 Å². The van der Waals surface area contributed by atoms with Gasteiger partial charge in [-0.05, 0) is 42.2 Å². The smallest absolute Gasteiger partial charge is 0.329 e. The minimum absolute atomic E-state index is 0.422. The van der Waals surface area contributed by atoms with E-state index in [1.54, 1.807) is 19.1 Å². The van der Waals surface area contributed by atoms with E-state index in [2.05, 4.69) is 20.8 Å². The highest BCUT2D eigenvalue weighted by Crippen LogP contribution is 2.33. The second-order valence-electron chi connectivity index (χ2n) is 5.71. The first kappa shape index (κ1) is 15.1. The van der Waals surface area contributed by atoms with Gasteiger partial charge in [-0.25, -0.2) is 9.48 Å². The van der Waals surface area contributed by atoms with Crippen molar-refractivity contribution in [3.05, 3.63) is 41.7 Å². The summed E-state index contributed by atoms with van der Waals surface area (Å²) in [5.74, 6) is -0.946. The van der Waals surface area contributed by atoms with E-state index in [0.29, 0.717) is 24.2 Å². The molecule has 3 rings (SSSR count). The molecule has 120 valence electrons. The highest BCUT2D eigenvalue weighted by atomic mass is 16.4. The van der Waals surface area contributed by atoms with Gasteiger partial charge in [0, 0.05) is 0 Å². The third-order valence-electron chi connectivity index (χ3n) is 4.24. The van der Waals surface area contributed by atoms with Gasteiger partial charge < -0.3 is 10.4 Å². The Bertz CT molecular complexity index is 724. The van der Waals surface area contributed by atoms with Crippen molar-refractivity contribution in [1.29, 1.82) is 0 Å². The Kier molecular flexibility index (Phi) is 3.81. The van der Waals surface area contributed by atoms with Crippen molar-refractivity contribution in [3.8, 4) is 0 Å². The fraction of sp³-hybridized carbons (Fsp3) is 0.400. The fourth-order valence-electron chi connectivity index (χ4n) is 2.74. The van der Waals surface area contributed by atoms with Gasteiger partial charge in [0.15, 0.2) is 6.04 Å². The van der Waals surface area contributed by atoms with E-state index in [4.69, 9.17) is 0 Å². The zero-order chi connectivity index (χ0) is 16.4. The van der Waals surface area contributed by atoms with E-state index in [1.165, 1.54) is 4.68 Å². The van der Waals surface area contributed by atoms with Crippen LogP contribution in [0.2, 0.25) is 0 Å². The molecule has 8 heteroatoms. The maximum absolute atomic E-state index is 12.8. The van der Waals surface area contributed by atoms with Crippen LogP contribution < -0.4 is 5.32 Å². The Morgan fingerprint density at radius 1 is 1.30 bits per heavy atom. The lowest BCUT2D eigenvalue weighted by Gasteiger charge is -2.39. The van der Waals surface area contributed by atoms with E-state index in [0.717, 1.165) is 6.42 Å². The number of aromatic nitrogens is 4. The van der Waals surface area contributed by atoms with Crippen LogP contribution in [0.15, 0.2) is 30.3 Å². The van der Waals surface area contributed by atoms with Gasteiger partial charge in [0.2, 0.25) is 0 Å². The molecule has 0 radical (unpaired) electrons. The molecule has 1 aliphatic carbocycles. The molecule has 0 saturated heterocycles. The monoisotopic (exact) mass is 315 g/mol. The number of carboxylic acid groups (broad SMARTS) is 1. The lowest BCUT2D eigenvalue weighted by Crippen LogP contribution is -2.60. The number of carbonyl (C=O) groups excluding carboxylic acids is 1. The van der Waals surface area contributed by atoms with Gasteiger partial charge in [-0.1, -0.05) is 30.3 Å². The largest absolute Gasteiger partial charge is 0.480 e. The van der Waals surface area contributed by atoms with Crippen LogP contribution in [-0.4, -0.2) is 42.7 Å². The molecule has 1 atom stereocenters. The van der Waals surface area contributed by atoms with Gasteiger partial charge in [0.25, 0.3) is 5.91 Å². The molecule has 23 heavy (non-hydrogen) atoms. The molecule has 1 aliphatic rings. The molecule has 1 aromatic carbocycles. The Morgan fingerprint density at radius 2 is 2.00 bits per heavy atom. The molecule has 0 unspecified atom stereocenters. The average Bonchev–Trinajstić information content (AvgIpc) is 2.90. The van der Waals surface area contributed by atoms with E-state index in [1.807, 2.05) is 18.2 Å². The van der Waals surface area contributed by atoms with Crippen LogP contribution in [0.3, 0.4) is 0 Å². The Hall–Kier alpha value is -2.77.